The Morgan fingerprint density at radius 2 is 2.05 bits per heavy atom. The fourth-order valence-corrected chi connectivity index (χ4v) is 2.75. The average Bonchev–Trinajstić information content (AvgIpc) is 2.64. The molecule has 0 radical (unpaired) electrons. The molecule has 2 rings (SSSR count). The van der Waals surface area contributed by atoms with E-state index in [1.807, 2.05) is 11.7 Å². The maximum absolute atomic E-state index is 4.46. The van der Waals surface area contributed by atoms with Gasteiger partial charge in [0.25, 0.3) is 0 Å². The first kappa shape index (κ1) is 14.5. The SMILES string of the molecule is CCC1(C)CN(Cc2cc(C)nn2C)C(C)(C)CN1. The number of piperazine rings is 1. The van der Waals surface area contributed by atoms with Gasteiger partial charge in [0.05, 0.1) is 11.4 Å². The minimum atomic E-state index is 0.187. The summed E-state index contributed by atoms with van der Waals surface area (Å²) in [5.41, 5.74) is 2.81. The number of nitrogens with one attached hydrogen (secondary N) is 1. The van der Waals surface area contributed by atoms with Crippen LogP contribution in [-0.4, -0.2) is 38.8 Å². The van der Waals surface area contributed by atoms with Crippen molar-refractivity contribution in [3.8, 4) is 0 Å². The summed E-state index contributed by atoms with van der Waals surface area (Å²) >= 11 is 0. The van der Waals surface area contributed by atoms with Crippen LogP contribution in [0.15, 0.2) is 6.07 Å². The summed E-state index contributed by atoms with van der Waals surface area (Å²) in [6.07, 6.45) is 1.16. The monoisotopic (exact) mass is 264 g/mol. The molecule has 1 aromatic rings. The van der Waals surface area contributed by atoms with Gasteiger partial charge in [-0.15, -0.1) is 0 Å². The van der Waals surface area contributed by atoms with E-state index >= 15 is 0 Å². The molecule has 19 heavy (non-hydrogen) atoms. The van der Waals surface area contributed by atoms with Crippen LogP contribution in [0.25, 0.3) is 0 Å². The van der Waals surface area contributed by atoms with E-state index in [4.69, 9.17) is 0 Å². The largest absolute Gasteiger partial charge is 0.308 e. The van der Waals surface area contributed by atoms with Crippen molar-refractivity contribution in [2.75, 3.05) is 13.1 Å². The number of hydrogen-bond donors (Lipinski definition) is 1. The van der Waals surface area contributed by atoms with E-state index in [9.17, 15) is 0 Å². The molecule has 1 saturated heterocycles. The molecule has 0 saturated carbocycles. The van der Waals surface area contributed by atoms with Crippen molar-refractivity contribution in [2.45, 2.75) is 58.7 Å². The number of nitrogens with zero attached hydrogens (tertiary/aromatic N) is 3. The molecular weight excluding hydrogens is 236 g/mol. The van der Waals surface area contributed by atoms with Crippen LogP contribution in [-0.2, 0) is 13.6 Å². The Morgan fingerprint density at radius 3 is 2.58 bits per heavy atom. The summed E-state index contributed by atoms with van der Waals surface area (Å²) in [5.74, 6) is 0. The van der Waals surface area contributed by atoms with Crippen LogP contribution in [0.3, 0.4) is 0 Å². The summed E-state index contributed by atoms with van der Waals surface area (Å²) in [6, 6.07) is 2.20. The van der Waals surface area contributed by atoms with Crippen LogP contribution in [0.4, 0.5) is 0 Å². The lowest BCUT2D eigenvalue weighted by Crippen LogP contribution is -2.66. The Balaban J connectivity index is 2.18. The van der Waals surface area contributed by atoms with Crippen molar-refractivity contribution in [1.82, 2.24) is 20.0 Å². The van der Waals surface area contributed by atoms with Gasteiger partial charge in [0.2, 0.25) is 0 Å². The molecule has 1 aromatic heterocycles. The van der Waals surface area contributed by atoms with Gasteiger partial charge < -0.3 is 5.32 Å². The van der Waals surface area contributed by atoms with Crippen LogP contribution < -0.4 is 5.32 Å². The zero-order chi connectivity index (χ0) is 14.3. The van der Waals surface area contributed by atoms with Crippen LogP contribution in [0.1, 0.15) is 45.5 Å². The minimum absolute atomic E-state index is 0.187. The standard InChI is InChI=1S/C15H28N4/c1-7-15(5)11-19(14(3,4)10-16-15)9-13-8-12(2)17-18(13)6/h8,16H,7,9-11H2,1-6H3. The molecule has 4 heteroatoms. The minimum Gasteiger partial charge on any atom is -0.308 e. The highest BCUT2D eigenvalue weighted by Gasteiger charge is 2.39. The van der Waals surface area contributed by atoms with Gasteiger partial charge in [0.1, 0.15) is 0 Å². The number of rotatable bonds is 3. The molecule has 0 amide bonds. The zero-order valence-corrected chi connectivity index (χ0v) is 13.2. The molecule has 0 bridgehead atoms. The molecule has 108 valence electrons. The number of aryl methyl sites for hydroxylation is 2. The van der Waals surface area contributed by atoms with Crippen LogP contribution in [0, 0.1) is 6.92 Å². The molecular formula is C15H28N4. The average molecular weight is 264 g/mol. The Bertz CT molecular complexity index is 449. The highest BCUT2D eigenvalue weighted by Crippen LogP contribution is 2.27. The summed E-state index contributed by atoms with van der Waals surface area (Å²) in [7, 11) is 2.04. The first-order valence-electron chi connectivity index (χ1n) is 7.25. The third-order valence-corrected chi connectivity index (χ3v) is 4.58. The maximum Gasteiger partial charge on any atom is 0.0597 e. The number of aromatic nitrogens is 2. The van der Waals surface area contributed by atoms with Crippen LogP contribution >= 0.6 is 0 Å². The highest BCUT2D eigenvalue weighted by atomic mass is 15.3. The molecule has 1 N–H and O–H groups in total. The Morgan fingerprint density at radius 1 is 1.37 bits per heavy atom. The van der Waals surface area contributed by atoms with Crippen molar-refractivity contribution >= 4 is 0 Å². The molecule has 0 spiro atoms. The first-order chi connectivity index (χ1) is 8.76. The van der Waals surface area contributed by atoms with Gasteiger partial charge in [-0.1, -0.05) is 6.92 Å². The Kier molecular flexibility index (Phi) is 3.76. The van der Waals surface area contributed by atoms with Crippen molar-refractivity contribution in [1.29, 1.82) is 0 Å². The molecule has 1 aliphatic rings. The van der Waals surface area contributed by atoms with Gasteiger partial charge >= 0.3 is 0 Å². The molecule has 4 nitrogen and oxygen atoms in total. The van der Waals surface area contributed by atoms with Gasteiger partial charge in [-0.3, -0.25) is 9.58 Å². The van der Waals surface area contributed by atoms with Crippen molar-refractivity contribution in [2.24, 2.45) is 7.05 Å². The highest BCUT2D eigenvalue weighted by molar-refractivity contribution is 5.10. The van der Waals surface area contributed by atoms with Crippen molar-refractivity contribution in [3.05, 3.63) is 17.5 Å². The van der Waals surface area contributed by atoms with Gasteiger partial charge in [-0.05, 0) is 40.2 Å². The van der Waals surface area contributed by atoms with Crippen molar-refractivity contribution < 1.29 is 0 Å². The smallest absolute Gasteiger partial charge is 0.0597 e. The first-order valence-corrected chi connectivity index (χ1v) is 7.25. The third kappa shape index (κ3) is 3.00. The van der Waals surface area contributed by atoms with Gasteiger partial charge in [-0.25, -0.2) is 0 Å². The second-order valence-corrected chi connectivity index (χ2v) is 6.84. The topological polar surface area (TPSA) is 33.1 Å². The van der Waals surface area contributed by atoms with E-state index in [0.717, 1.165) is 31.7 Å². The lowest BCUT2D eigenvalue weighted by atomic mass is 9.88. The second kappa shape index (κ2) is 4.91. The van der Waals surface area contributed by atoms with E-state index in [0.29, 0.717) is 0 Å². The fourth-order valence-electron chi connectivity index (χ4n) is 2.75. The second-order valence-electron chi connectivity index (χ2n) is 6.84. The molecule has 1 fully saturated rings. The Hall–Kier alpha value is -0.870. The lowest BCUT2D eigenvalue weighted by molar-refractivity contribution is 0.0228. The van der Waals surface area contributed by atoms with E-state index in [1.54, 1.807) is 0 Å². The van der Waals surface area contributed by atoms with Gasteiger partial charge in [0.15, 0.2) is 0 Å². The summed E-state index contributed by atoms with van der Waals surface area (Å²) in [4.78, 5) is 2.59. The maximum atomic E-state index is 4.46. The van der Waals surface area contributed by atoms with E-state index in [2.05, 4.69) is 56.0 Å². The fraction of sp³-hybridized carbons (Fsp3) is 0.800. The molecule has 1 aliphatic heterocycles. The lowest BCUT2D eigenvalue weighted by Gasteiger charge is -2.50. The normalized spacial score (nSPS) is 27.7. The summed E-state index contributed by atoms with van der Waals surface area (Å²) in [6.45, 7) is 14.4. The Labute approximate surface area is 117 Å². The van der Waals surface area contributed by atoms with Crippen LogP contribution in [0.2, 0.25) is 0 Å². The van der Waals surface area contributed by atoms with Crippen LogP contribution in [0.5, 0.6) is 0 Å². The molecule has 1 atom stereocenters. The molecule has 0 aromatic carbocycles. The van der Waals surface area contributed by atoms with E-state index < -0.39 is 0 Å². The third-order valence-electron chi connectivity index (χ3n) is 4.58. The molecule has 1 unspecified atom stereocenters. The number of hydrogen-bond acceptors (Lipinski definition) is 3. The molecule has 2 heterocycles. The van der Waals surface area contributed by atoms with Gasteiger partial charge in [-0.2, -0.15) is 5.10 Å². The van der Waals surface area contributed by atoms with Gasteiger partial charge in [0, 0.05) is 37.8 Å². The van der Waals surface area contributed by atoms with E-state index in [1.165, 1.54) is 5.69 Å². The summed E-state index contributed by atoms with van der Waals surface area (Å²) < 4.78 is 2.01. The zero-order valence-electron chi connectivity index (χ0n) is 13.2. The molecule has 0 aliphatic carbocycles. The predicted molar refractivity (Wildman–Crippen MR) is 79.1 cm³/mol. The van der Waals surface area contributed by atoms with Crippen molar-refractivity contribution in [3.63, 3.8) is 0 Å². The quantitative estimate of drug-likeness (QED) is 0.907. The van der Waals surface area contributed by atoms with E-state index in [-0.39, 0.29) is 11.1 Å². The summed E-state index contributed by atoms with van der Waals surface area (Å²) in [5, 5.41) is 8.16. The predicted octanol–water partition coefficient (Wildman–Crippen LogP) is 2.08.